The summed E-state index contributed by atoms with van der Waals surface area (Å²) in [7, 11) is 0. The minimum absolute atomic E-state index is 0.0738. The van der Waals surface area contributed by atoms with E-state index in [-0.39, 0.29) is 16.7 Å². The summed E-state index contributed by atoms with van der Waals surface area (Å²) < 4.78 is 0. The summed E-state index contributed by atoms with van der Waals surface area (Å²) in [6.07, 6.45) is 14.4. The Balaban J connectivity index is 1.01. The molecule has 0 saturated heterocycles. The van der Waals surface area contributed by atoms with Crippen LogP contribution in [0.5, 0.6) is 0 Å². The number of nitrogens with zero attached hydrogens (tertiary/aromatic N) is 2. The molecule has 52 heavy (non-hydrogen) atoms. The van der Waals surface area contributed by atoms with Gasteiger partial charge in [0.25, 0.3) is 0 Å². The number of fused-ring (bicyclic) bond motifs is 6. The van der Waals surface area contributed by atoms with Gasteiger partial charge in [0.2, 0.25) is 0 Å². The average Bonchev–Trinajstić information content (AvgIpc) is 3.18. The first-order valence-electron chi connectivity index (χ1n) is 18.6. The Labute approximate surface area is 307 Å². The SMILES string of the molecule is CC1(C)c2ccccc2N2c3ccc(C4=CC5C=CC(N(c6ccccc6)c6ccc7ccccc7c6)=CC5C=C4)cc3C(C)(C)c3cccc1c32. The van der Waals surface area contributed by atoms with E-state index in [0.29, 0.717) is 5.92 Å². The van der Waals surface area contributed by atoms with Crippen molar-refractivity contribution in [3.05, 3.63) is 203 Å². The quantitative estimate of drug-likeness (QED) is 0.184. The van der Waals surface area contributed by atoms with E-state index in [2.05, 4.69) is 207 Å². The number of para-hydroxylation sites is 3. The van der Waals surface area contributed by atoms with E-state index < -0.39 is 0 Å². The summed E-state index contributed by atoms with van der Waals surface area (Å²) in [4.78, 5) is 4.93. The van der Waals surface area contributed by atoms with E-state index in [1.165, 1.54) is 72.6 Å². The van der Waals surface area contributed by atoms with E-state index in [1.54, 1.807) is 0 Å². The number of allylic oxidation sites excluding steroid dienone is 7. The summed E-state index contributed by atoms with van der Waals surface area (Å²) in [5.74, 6) is 0.574. The second-order valence-corrected chi connectivity index (χ2v) is 15.8. The standard InChI is InChI=1S/C50H42N2/c1-49(2)42-17-10-11-20-46(42)52-47-28-25-38(32-45(47)50(3,4)44-19-12-18-43(49)48(44)52)35-21-22-37-31-41(27-24-36(37)29-35)51(39-15-6-5-7-16-39)40-26-23-33-13-8-9-14-34(33)30-40/h5-32,36-37H,1-4H3. The third-order valence-electron chi connectivity index (χ3n) is 12.1. The molecule has 0 radical (unpaired) electrons. The van der Waals surface area contributed by atoms with Crippen molar-refractivity contribution in [3.63, 3.8) is 0 Å². The Hall–Kier alpha value is -5.86. The second kappa shape index (κ2) is 11.3. The van der Waals surface area contributed by atoms with Crippen molar-refractivity contribution < 1.29 is 0 Å². The van der Waals surface area contributed by atoms with Gasteiger partial charge in [0.05, 0.1) is 17.1 Å². The fourth-order valence-corrected chi connectivity index (χ4v) is 9.27. The van der Waals surface area contributed by atoms with Crippen LogP contribution in [0.4, 0.5) is 28.4 Å². The summed E-state index contributed by atoms with van der Waals surface area (Å²) in [6, 6.07) is 49.2. The fraction of sp³-hybridized carbons (Fsp3) is 0.160. The largest absolute Gasteiger partial charge is 0.311 e. The zero-order chi connectivity index (χ0) is 35.2. The molecule has 0 amide bonds. The summed E-state index contributed by atoms with van der Waals surface area (Å²) >= 11 is 0. The highest BCUT2D eigenvalue weighted by molar-refractivity contribution is 5.94. The predicted molar refractivity (Wildman–Crippen MR) is 219 cm³/mol. The van der Waals surface area contributed by atoms with E-state index >= 15 is 0 Å². The third-order valence-corrected chi connectivity index (χ3v) is 12.1. The van der Waals surface area contributed by atoms with Crippen molar-refractivity contribution >= 4 is 44.8 Å². The molecule has 2 heterocycles. The van der Waals surface area contributed by atoms with Gasteiger partial charge in [0.1, 0.15) is 0 Å². The molecular weight excluding hydrogens is 629 g/mol. The lowest BCUT2D eigenvalue weighted by Gasteiger charge is -2.49. The van der Waals surface area contributed by atoms with Gasteiger partial charge in [-0.15, -0.1) is 0 Å². The average molecular weight is 671 g/mol. The van der Waals surface area contributed by atoms with Crippen LogP contribution in [-0.4, -0.2) is 0 Å². The van der Waals surface area contributed by atoms with Crippen LogP contribution in [-0.2, 0) is 10.8 Å². The predicted octanol–water partition coefficient (Wildman–Crippen LogP) is 13.1. The molecule has 0 saturated carbocycles. The van der Waals surface area contributed by atoms with Gasteiger partial charge in [-0.25, -0.2) is 0 Å². The molecule has 2 aliphatic carbocycles. The number of rotatable bonds is 4. The number of hydrogen-bond donors (Lipinski definition) is 0. The van der Waals surface area contributed by atoms with Crippen LogP contribution in [0.25, 0.3) is 16.3 Å². The van der Waals surface area contributed by atoms with Crippen molar-refractivity contribution in [1.82, 2.24) is 0 Å². The highest BCUT2D eigenvalue weighted by atomic mass is 15.2. The minimum Gasteiger partial charge on any atom is -0.311 e. The van der Waals surface area contributed by atoms with Crippen LogP contribution in [0.2, 0.25) is 0 Å². The van der Waals surface area contributed by atoms with Crippen LogP contribution >= 0.6 is 0 Å². The first kappa shape index (κ1) is 30.9. The molecule has 6 aromatic rings. The normalized spacial score (nSPS) is 19.9. The molecule has 0 N–H and O–H groups in total. The van der Waals surface area contributed by atoms with Crippen molar-refractivity contribution in [2.75, 3.05) is 9.80 Å². The molecule has 252 valence electrons. The highest BCUT2D eigenvalue weighted by Gasteiger charge is 2.45. The van der Waals surface area contributed by atoms with E-state index in [9.17, 15) is 0 Å². The second-order valence-electron chi connectivity index (χ2n) is 15.8. The molecule has 0 spiro atoms. The monoisotopic (exact) mass is 670 g/mol. The van der Waals surface area contributed by atoms with Crippen LogP contribution in [0.1, 0.15) is 55.5 Å². The molecule has 2 aliphatic heterocycles. The molecular formula is C50H42N2. The van der Waals surface area contributed by atoms with E-state index in [0.717, 1.165) is 5.69 Å². The van der Waals surface area contributed by atoms with Gasteiger partial charge < -0.3 is 9.80 Å². The zero-order valence-corrected chi connectivity index (χ0v) is 30.2. The molecule has 4 aliphatic rings. The first-order chi connectivity index (χ1) is 25.3. The topological polar surface area (TPSA) is 6.48 Å². The Bertz CT molecular complexity index is 2540. The van der Waals surface area contributed by atoms with Crippen molar-refractivity contribution in [1.29, 1.82) is 0 Å². The zero-order valence-electron chi connectivity index (χ0n) is 30.2. The minimum atomic E-state index is -0.150. The van der Waals surface area contributed by atoms with Gasteiger partial charge in [-0.05, 0) is 92.7 Å². The molecule has 0 aromatic heterocycles. The van der Waals surface area contributed by atoms with Crippen molar-refractivity contribution in [3.8, 4) is 0 Å². The van der Waals surface area contributed by atoms with Crippen molar-refractivity contribution in [2.45, 2.75) is 38.5 Å². The van der Waals surface area contributed by atoms with Crippen LogP contribution in [0.3, 0.4) is 0 Å². The Morgan fingerprint density at radius 3 is 1.98 bits per heavy atom. The van der Waals surface area contributed by atoms with Gasteiger partial charge in [0, 0.05) is 39.7 Å². The lowest BCUT2D eigenvalue weighted by Crippen LogP contribution is -2.38. The maximum absolute atomic E-state index is 2.54. The summed E-state index contributed by atoms with van der Waals surface area (Å²) in [5, 5.41) is 2.50. The number of benzene rings is 6. The van der Waals surface area contributed by atoms with E-state index in [4.69, 9.17) is 0 Å². The molecule has 2 atom stereocenters. The number of hydrogen-bond acceptors (Lipinski definition) is 2. The molecule has 2 nitrogen and oxygen atoms in total. The Morgan fingerprint density at radius 1 is 0.500 bits per heavy atom. The molecule has 2 heteroatoms. The highest BCUT2D eigenvalue weighted by Crippen LogP contribution is 2.60. The van der Waals surface area contributed by atoms with Gasteiger partial charge >= 0.3 is 0 Å². The maximum Gasteiger partial charge on any atom is 0.0543 e. The van der Waals surface area contributed by atoms with Crippen molar-refractivity contribution in [2.24, 2.45) is 11.8 Å². The maximum atomic E-state index is 2.54. The Morgan fingerprint density at radius 2 is 1.15 bits per heavy atom. The molecule has 0 fully saturated rings. The molecule has 0 bridgehead atoms. The van der Waals surface area contributed by atoms with Gasteiger partial charge in [-0.1, -0.05) is 149 Å². The third kappa shape index (κ3) is 4.57. The first-order valence-corrected chi connectivity index (χ1v) is 18.6. The van der Waals surface area contributed by atoms with Gasteiger partial charge in [-0.3, -0.25) is 0 Å². The van der Waals surface area contributed by atoms with Crippen LogP contribution in [0.15, 0.2) is 176 Å². The molecule has 2 unspecified atom stereocenters. The molecule has 6 aromatic carbocycles. The van der Waals surface area contributed by atoms with E-state index in [1.807, 2.05) is 0 Å². The smallest absolute Gasteiger partial charge is 0.0543 e. The number of anilines is 5. The van der Waals surface area contributed by atoms with Crippen LogP contribution in [0, 0.1) is 11.8 Å². The fourth-order valence-electron chi connectivity index (χ4n) is 9.27. The van der Waals surface area contributed by atoms with Gasteiger partial charge in [-0.2, -0.15) is 0 Å². The van der Waals surface area contributed by atoms with Crippen LogP contribution < -0.4 is 9.80 Å². The van der Waals surface area contributed by atoms with Gasteiger partial charge in [0.15, 0.2) is 0 Å². The lowest BCUT2D eigenvalue weighted by atomic mass is 9.66. The lowest BCUT2D eigenvalue weighted by molar-refractivity contribution is 0.597. The summed E-state index contributed by atoms with van der Waals surface area (Å²) in [6.45, 7) is 9.56. The summed E-state index contributed by atoms with van der Waals surface area (Å²) in [5.41, 5.74) is 15.3. The molecule has 10 rings (SSSR count). The Kier molecular flexibility index (Phi) is 6.73.